The Morgan fingerprint density at radius 1 is 1.83 bits per heavy atom. The Balaban J connectivity index is 3.54. The predicted molar refractivity (Wildman–Crippen MR) is 28.4 cm³/mol. The van der Waals surface area contributed by atoms with Crippen molar-refractivity contribution in [1.82, 2.24) is 0 Å². The predicted octanol–water partition coefficient (Wildman–Crippen LogP) is 0.301. The van der Waals surface area contributed by atoms with Crippen molar-refractivity contribution in [2.75, 3.05) is 12.8 Å². The molecule has 0 heterocycles. The molecule has 38 valence electrons. The molecular weight excluding hydrogens is 98.1 g/mol. The van der Waals surface area contributed by atoms with Gasteiger partial charge in [-0.15, -0.1) is 0 Å². The van der Waals surface area contributed by atoms with E-state index in [1.807, 2.05) is 6.92 Å². The molecule has 0 aromatic heterocycles. The van der Waals surface area contributed by atoms with Gasteiger partial charge < -0.3 is 0 Å². The first-order valence-corrected chi connectivity index (χ1v) is 3.25. The quantitative estimate of drug-likeness (QED) is 0.480. The Labute approximate surface area is 39.8 Å². The molecule has 0 bridgehead atoms. The van der Waals surface area contributed by atoms with Crippen LogP contribution in [0.25, 0.3) is 0 Å². The van der Waals surface area contributed by atoms with Gasteiger partial charge >= 0.3 is 0 Å². The summed E-state index contributed by atoms with van der Waals surface area (Å²) in [4.78, 5) is 0. The maximum absolute atomic E-state index is 10.2. The Bertz CT molecular complexity index is 93.0. The van der Waals surface area contributed by atoms with Crippen LogP contribution < -0.4 is 0 Å². The van der Waals surface area contributed by atoms with Gasteiger partial charge in [0, 0.05) is 23.4 Å². The molecule has 0 aliphatic heterocycles. The van der Waals surface area contributed by atoms with Crippen LogP contribution in [0.4, 0.5) is 0 Å². The minimum Gasteiger partial charge on any atom is -0.253 e. The SMILES string of the molecule is CC[SH](=O)=NC. The Morgan fingerprint density at radius 2 is 2.33 bits per heavy atom. The first kappa shape index (κ1) is 5.95. The van der Waals surface area contributed by atoms with Crippen LogP contribution >= 0.6 is 0 Å². The molecule has 1 unspecified atom stereocenters. The number of rotatable bonds is 1. The lowest BCUT2D eigenvalue weighted by atomic mass is 11.0. The molecule has 1 atom stereocenters. The molecule has 0 radical (unpaired) electrons. The number of hydrogen-bond acceptors (Lipinski definition) is 2. The van der Waals surface area contributed by atoms with Crippen LogP contribution in [0.2, 0.25) is 0 Å². The van der Waals surface area contributed by atoms with E-state index in [9.17, 15) is 4.21 Å². The molecule has 2 nitrogen and oxygen atoms in total. The van der Waals surface area contributed by atoms with Crippen molar-refractivity contribution in [2.24, 2.45) is 4.36 Å². The average molecular weight is 107 g/mol. The maximum Gasteiger partial charge on any atom is 0.0370 e. The molecule has 0 rings (SSSR count). The fraction of sp³-hybridized carbons (Fsp3) is 1.00. The standard InChI is InChI=1S/C3H9NOS/c1-3-6(5)4-2/h6H,3H2,1-2H3. The molecule has 0 N–H and O–H groups in total. The van der Waals surface area contributed by atoms with E-state index in [0.717, 1.165) is 0 Å². The van der Waals surface area contributed by atoms with Gasteiger partial charge in [0.05, 0.1) is 0 Å². The summed E-state index contributed by atoms with van der Waals surface area (Å²) in [5.41, 5.74) is 0. The van der Waals surface area contributed by atoms with Gasteiger partial charge in [0.15, 0.2) is 0 Å². The Morgan fingerprint density at radius 3 is 2.33 bits per heavy atom. The summed E-state index contributed by atoms with van der Waals surface area (Å²) < 4.78 is 13.7. The first-order chi connectivity index (χ1) is 2.81. The van der Waals surface area contributed by atoms with Crippen LogP contribution in [0.15, 0.2) is 4.36 Å². The van der Waals surface area contributed by atoms with Gasteiger partial charge in [-0.2, -0.15) is 0 Å². The number of hydrogen-bond donors (Lipinski definition) is 1. The highest BCUT2D eigenvalue weighted by atomic mass is 32.2. The van der Waals surface area contributed by atoms with Gasteiger partial charge in [-0.25, -0.2) is 4.36 Å². The van der Waals surface area contributed by atoms with Crippen LogP contribution in [-0.4, -0.2) is 17.0 Å². The Kier molecular flexibility index (Phi) is 3.13. The fourth-order valence-electron chi connectivity index (χ4n) is 0.141. The van der Waals surface area contributed by atoms with E-state index in [2.05, 4.69) is 4.36 Å². The molecule has 0 amide bonds. The van der Waals surface area contributed by atoms with Crippen molar-refractivity contribution in [2.45, 2.75) is 6.92 Å². The van der Waals surface area contributed by atoms with Crippen molar-refractivity contribution in [1.29, 1.82) is 0 Å². The first-order valence-electron chi connectivity index (χ1n) is 1.85. The minimum atomic E-state index is -1.20. The largest absolute Gasteiger partial charge is 0.253 e. The second-order valence-electron chi connectivity index (χ2n) is 0.868. The van der Waals surface area contributed by atoms with Crippen LogP contribution in [-0.2, 0) is 10.6 Å². The number of thiol groups is 1. The van der Waals surface area contributed by atoms with Crippen LogP contribution in [0.3, 0.4) is 0 Å². The topological polar surface area (TPSA) is 29.4 Å². The summed E-state index contributed by atoms with van der Waals surface area (Å²) in [7, 11) is 0.370. The molecule has 0 fully saturated rings. The van der Waals surface area contributed by atoms with Crippen LogP contribution in [0.5, 0.6) is 0 Å². The van der Waals surface area contributed by atoms with Gasteiger partial charge in [-0.1, -0.05) is 6.92 Å². The second-order valence-corrected chi connectivity index (χ2v) is 2.61. The molecule has 0 aliphatic rings. The molecule has 0 saturated carbocycles. The molecule has 0 aliphatic carbocycles. The van der Waals surface area contributed by atoms with Crippen molar-refractivity contribution < 1.29 is 4.21 Å². The van der Waals surface area contributed by atoms with Gasteiger partial charge in [0.25, 0.3) is 0 Å². The summed E-state index contributed by atoms with van der Waals surface area (Å²) in [6.07, 6.45) is 0. The van der Waals surface area contributed by atoms with E-state index in [4.69, 9.17) is 0 Å². The highest BCUT2D eigenvalue weighted by Gasteiger charge is 1.65. The molecule has 3 heteroatoms. The summed E-state index contributed by atoms with van der Waals surface area (Å²) >= 11 is 0. The van der Waals surface area contributed by atoms with Crippen molar-refractivity contribution in [3.63, 3.8) is 0 Å². The third-order valence-corrected chi connectivity index (χ3v) is 1.48. The third kappa shape index (κ3) is 2.20. The summed E-state index contributed by atoms with van der Waals surface area (Å²) in [6.45, 7) is 1.85. The van der Waals surface area contributed by atoms with Crippen molar-refractivity contribution >= 4 is 10.6 Å². The molecule has 0 saturated heterocycles. The summed E-state index contributed by atoms with van der Waals surface area (Å²) in [5.74, 6) is 0.672. The normalized spacial score (nSPS) is 15.0. The van der Waals surface area contributed by atoms with Gasteiger partial charge in [-0.05, 0) is 0 Å². The minimum absolute atomic E-state index is 0.672. The monoisotopic (exact) mass is 107 g/mol. The van der Waals surface area contributed by atoms with Gasteiger partial charge in [0.2, 0.25) is 0 Å². The Hall–Kier alpha value is -0.0500. The van der Waals surface area contributed by atoms with E-state index in [1.54, 1.807) is 7.05 Å². The lowest BCUT2D eigenvalue weighted by Gasteiger charge is -1.72. The smallest absolute Gasteiger partial charge is 0.0370 e. The van der Waals surface area contributed by atoms with Crippen LogP contribution in [0, 0.1) is 0 Å². The average Bonchev–Trinajstić information content (AvgIpc) is 1.65. The molecule has 0 aromatic rings. The van der Waals surface area contributed by atoms with Crippen LogP contribution in [0.1, 0.15) is 6.92 Å². The highest BCUT2D eigenvalue weighted by molar-refractivity contribution is 7.74. The number of nitrogens with zero attached hydrogens (tertiary/aromatic N) is 1. The fourth-order valence-corrected chi connectivity index (χ4v) is 0.424. The lowest BCUT2D eigenvalue weighted by Crippen LogP contribution is -1.74. The van der Waals surface area contributed by atoms with Crippen molar-refractivity contribution in [3.05, 3.63) is 0 Å². The summed E-state index contributed by atoms with van der Waals surface area (Å²) in [5, 5.41) is 0. The summed E-state index contributed by atoms with van der Waals surface area (Å²) in [6, 6.07) is 0. The highest BCUT2D eigenvalue weighted by Crippen LogP contribution is 1.65. The lowest BCUT2D eigenvalue weighted by molar-refractivity contribution is 0.689. The van der Waals surface area contributed by atoms with E-state index >= 15 is 0 Å². The maximum atomic E-state index is 10.2. The molecular formula is C3H9NOS. The zero-order valence-corrected chi connectivity index (χ0v) is 4.90. The zero-order chi connectivity index (χ0) is 4.99. The van der Waals surface area contributed by atoms with E-state index in [-0.39, 0.29) is 0 Å². The molecule has 0 aromatic carbocycles. The van der Waals surface area contributed by atoms with E-state index in [0.29, 0.717) is 5.75 Å². The second kappa shape index (κ2) is 3.15. The third-order valence-electron chi connectivity index (χ3n) is 0.494. The zero-order valence-electron chi connectivity index (χ0n) is 4.01. The van der Waals surface area contributed by atoms with E-state index in [1.165, 1.54) is 0 Å². The van der Waals surface area contributed by atoms with Crippen molar-refractivity contribution in [3.8, 4) is 0 Å². The van der Waals surface area contributed by atoms with E-state index < -0.39 is 10.6 Å². The molecule has 6 heavy (non-hydrogen) atoms. The van der Waals surface area contributed by atoms with Gasteiger partial charge in [0.1, 0.15) is 0 Å². The van der Waals surface area contributed by atoms with Gasteiger partial charge in [-0.3, -0.25) is 4.21 Å². The molecule has 0 spiro atoms.